The van der Waals surface area contributed by atoms with Crippen molar-refractivity contribution in [2.75, 3.05) is 4.90 Å². The van der Waals surface area contributed by atoms with Crippen LogP contribution in [0.2, 0.25) is 0 Å². The third-order valence-electron chi connectivity index (χ3n) is 4.07. The van der Waals surface area contributed by atoms with E-state index in [-0.39, 0.29) is 17.3 Å². The molecule has 3 heterocycles. The van der Waals surface area contributed by atoms with E-state index in [1.807, 2.05) is 0 Å². The highest BCUT2D eigenvalue weighted by Crippen LogP contribution is 2.40. The summed E-state index contributed by atoms with van der Waals surface area (Å²) in [5, 5.41) is 10.7. The Balaban J connectivity index is 1.94. The van der Waals surface area contributed by atoms with Gasteiger partial charge < -0.3 is 9.52 Å². The second-order valence-corrected chi connectivity index (χ2v) is 5.60. The zero-order chi connectivity index (χ0) is 18.1. The number of aliphatic hydroxyl groups is 1. The molecule has 0 saturated carbocycles. The lowest BCUT2D eigenvalue weighted by Gasteiger charge is -2.20. The number of aliphatic hydroxyl groups excluding tert-OH is 1. The number of anilines is 1. The Kier molecular flexibility index (Phi) is 3.81. The second-order valence-electron chi connectivity index (χ2n) is 5.60. The van der Waals surface area contributed by atoms with Crippen molar-refractivity contribution in [3.8, 4) is 0 Å². The van der Waals surface area contributed by atoms with E-state index in [2.05, 4.69) is 9.97 Å². The monoisotopic (exact) mass is 347 g/mol. The first-order valence-electron chi connectivity index (χ1n) is 7.85. The Labute approximate surface area is 148 Å². The number of carbonyl (C=O) groups excluding carboxylic acids is 2. The van der Waals surface area contributed by atoms with Crippen LogP contribution in [0.4, 0.5) is 5.95 Å². The van der Waals surface area contributed by atoms with Crippen molar-refractivity contribution in [3.63, 3.8) is 0 Å². The number of rotatable bonds is 3. The molecule has 1 fully saturated rings. The van der Waals surface area contributed by atoms with Crippen molar-refractivity contribution in [2.45, 2.75) is 6.04 Å². The summed E-state index contributed by atoms with van der Waals surface area (Å²) >= 11 is 0. The highest BCUT2D eigenvalue weighted by atomic mass is 16.3. The molecule has 1 aliphatic rings. The van der Waals surface area contributed by atoms with Gasteiger partial charge in [-0.2, -0.15) is 0 Å². The highest BCUT2D eigenvalue weighted by molar-refractivity contribution is 6.51. The molecule has 7 heteroatoms. The first-order chi connectivity index (χ1) is 12.7. The molecular weight excluding hydrogens is 334 g/mol. The van der Waals surface area contributed by atoms with Crippen molar-refractivity contribution >= 4 is 23.4 Å². The molecule has 1 aromatic carbocycles. The van der Waals surface area contributed by atoms with Crippen molar-refractivity contribution in [1.82, 2.24) is 9.97 Å². The topological polar surface area (TPSA) is 96.5 Å². The summed E-state index contributed by atoms with van der Waals surface area (Å²) in [6.07, 6.45) is 4.37. The fourth-order valence-electron chi connectivity index (χ4n) is 2.92. The van der Waals surface area contributed by atoms with E-state index >= 15 is 0 Å². The summed E-state index contributed by atoms with van der Waals surface area (Å²) in [5.41, 5.74) is 0.361. The van der Waals surface area contributed by atoms with Gasteiger partial charge in [0, 0.05) is 18.0 Å². The van der Waals surface area contributed by atoms with Gasteiger partial charge in [-0.15, -0.1) is 0 Å². The third-order valence-corrected chi connectivity index (χ3v) is 4.07. The largest absolute Gasteiger partial charge is 0.507 e. The van der Waals surface area contributed by atoms with Crippen molar-refractivity contribution in [3.05, 3.63) is 84.1 Å². The normalized spacial score (nSPS) is 19.1. The zero-order valence-electron chi connectivity index (χ0n) is 13.4. The number of ketones is 1. The van der Waals surface area contributed by atoms with Gasteiger partial charge in [0.25, 0.3) is 5.78 Å². The maximum absolute atomic E-state index is 12.7. The van der Waals surface area contributed by atoms with E-state index in [9.17, 15) is 14.7 Å². The molecule has 3 aromatic rings. The Morgan fingerprint density at radius 3 is 2.38 bits per heavy atom. The van der Waals surface area contributed by atoms with E-state index in [1.165, 1.54) is 18.7 Å². The molecule has 0 bridgehead atoms. The maximum Gasteiger partial charge on any atom is 0.302 e. The lowest BCUT2D eigenvalue weighted by atomic mass is 9.99. The quantitative estimate of drug-likeness (QED) is 0.444. The fourth-order valence-corrected chi connectivity index (χ4v) is 2.92. The van der Waals surface area contributed by atoms with Gasteiger partial charge in [0.2, 0.25) is 5.95 Å². The lowest BCUT2D eigenvalue weighted by molar-refractivity contribution is -0.132. The van der Waals surface area contributed by atoms with Crippen molar-refractivity contribution < 1.29 is 19.1 Å². The van der Waals surface area contributed by atoms with E-state index in [0.717, 1.165) is 4.90 Å². The van der Waals surface area contributed by atoms with Crippen LogP contribution in [-0.2, 0) is 9.59 Å². The van der Waals surface area contributed by atoms with Gasteiger partial charge in [-0.3, -0.25) is 14.5 Å². The predicted molar refractivity (Wildman–Crippen MR) is 92.0 cm³/mol. The molecule has 128 valence electrons. The average Bonchev–Trinajstić information content (AvgIpc) is 3.30. The lowest BCUT2D eigenvalue weighted by Crippen LogP contribution is -2.30. The van der Waals surface area contributed by atoms with Crippen LogP contribution < -0.4 is 4.90 Å². The summed E-state index contributed by atoms with van der Waals surface area (Å²) in [6.45, 7) is 0. The number of benzene rings is 1. The summed E-state index contributed by atoms with van der Waals surface area (Å²) in [7, 11) is 0. The van der Waals surface area contributed by atoms with Crippen molar-refractivity contribution in [1.29, 1.82) is 0 Å². The molecular formula is C19H13N3O4. The van der Waals surface area contributed by atoms with Crippen LogP contribution in [0, 0.1) is 0 Å². The fraction of sp³-hybridized carbons (Fsp3) is 0.0526. The first kappa shape index (κ1) is 15.8. The second kappa shape index (κ2) is 6.29. The van der Waals surface area contributed by atoms with Crippen LogP contribution in [0.15, 0.2) is 77.2 Å². The summed E-state index contributed by atoms with van der Waals surface area (Å²) in [4.78, 5) is 34.6. The number of hydrogen-bond donors (Lipinski definition) is 1. The molecule has 1 aliphatic heterocycles. The number of nitrogens with zero attached hydrogens (tertiary/aromatic N) is 3. The number of hydrogen-bond acceptors (Lipinski definition) is 6. The Morgan fingerprint density at radius 2 is 1.73 bits per heavy atom. The third kappa shape index (κ3) is 2.46. The van der Waals surface area contributed by atoms with Gasteiger partial charge in [0.1, 0.15) is 17.6 Å². The molecule has 1 N–H and O–H groups in total. The summed E-state index contributed by atoms with van der Waals surface area (Å²) in [5.74, 6) is -1.53. The smallest absolute Gasteiger partial charge is 0.302 e. The van der Waals surface area contributed by atoms with E-state index in [1.54, 1.807) is 48.5 Å². The molecule has 0 radical (unpaired) electrons. The van der Waals surface area contributed by atoms with E-state index in [0.29, 0.717) is 11.3 Å². The Bertz CT molecular complexity index is 982. The molecule has 1 amide bonds. The van der Waals surface area contributed by atoms with E-state index < -0.39 is 17.7 Å². The maximum atomic E-state index is 12.7. The molecule has 0 spiro atoms. The van der Waals surface area contributed by atoms with Crippen LogP contribution in [0.3, 0.4) is 0 Å². The van der Waals surface area contributed by atoms with Gasteiger partial charge in [-0.1, -0.05) is 30.3 Å². The number of Topliss-reactive ketones (excluding diaryl/α,β-unsaturated/α-hetero) is 1. The van der Waals surface area contributed by atoms with Crippen LogP contribution in [-0.4, -0.2) is 26.8 Å². The van der Waals surface area contributed by atoms with E-state index in [4.69, 9.17) is 4.42 Å². The van der Waals surface area contributed by atoms with Crippen LogP contribution in [0.1, 0.15) is 17.4 Å². The first-order valence-corrected chi connectivity index (χ1v) is 7.85. The summed E-state index contributed by atoms with van der Waals surface area (Å²) < 4.78 is 5.44. The van der Waals surface area contributed by atoms with Crippen molar-refractivity contribution in [2.24, 2.45) is 0 Å². The van der Waals surface area contributed by atoms with Gasteiger partial charge in [-0.05, 0) is 18.2 Å². The standard InChI is InChI=1S/C19H13N3O4/c23-16(12-6-2-1-3-7-12)14-15(13-8-4-11-26-13)22(18(25)17(14)24)19-20-9-5-10-21-19/h1-11,15,23H/b16-14-. The minimum atomic E-state index is -0.951. The summed E-state index contributed by atoms with van der Waals surface area (Å²) in [6, 6.07) is 12.5. The number of aromatic nitrogens is 2. The number of furan rings is 1. The number of carbonyl (C=O) groups is 2. The SMILES string of the molecule is O=C1C(=O)N(c2ncccn2)C(c2ccco2)/C1=C(/O)c1ccccc1. The van der Waals surface area contributed by atoms with Crippen LogP contribution in [0.25, 0.3) is 5.76 Å². The Hall–Kier alpha value is -3.74. The van der Waals surface area contributed by atoms with Gasteiger partial charge in [-0.25, -0.2) is 9.97 Å². The molecule has 0 aliphatic carbocycles. The molecule has 2 aromatic heterocycles. The minimum absolute atomic E-state index is 0.0584. The molecule has 1 saturated heterocycles. The van der Waals surface area contributed by atoms with Gasteiger partial charge >= 0.3 is 5.91 Å². The predicted octanol–water partition coefficient (Wildman–Crippen LogP) is 2.70. The molecule has 7 nitrogen and oxygen atoms in total. The minimum Gasteiger partial charge on any atom is -0.507 e. The highest BCUT2D eigenvalue weighted by Gasteiger charge is 2.49. The molecule has 1 atom stereocenters. The van der Waals surface area contributed by atoms with Crippen LogP contribution in [0.5, 0.6) is 0 Å². The zero-order valence-corrected chi connectivity index (χ0v) is 13.4. The van der Waals surface area contributed by atoms with Gasteiger partial charge in [0.05, 0.1) is 11.8 Å². The number of amides is 1. The molecule has 1 unspecified atom stereocenters. The van der Waals surface area contributed by atoms with Crippen LogP contribution >= 0.6 is 0 Å². The molecule has 4 rings (SSSR count). The average molecular weight is 347 g/mol. The Morgan fingerprint density at radius 1 is 1.00 bits per heavy atom. The van der Waals surface area contributed by atoms with Gasteiger partial charge in [0.15, 0.2) is 0 Å². The molecule has 26 heavy (non-hydrogen) atoms.